The summed E-state index contributed by atoms with van der Waals surface area (Å²) in [5.74, 6) is 0. The highest BCUT2D eigenvalue weighted by molar-refractivity contribution is 4.95. The lowest BCUT2D eigenvalue weighted by Gasteiger charge is -2.33. The van der Waals surface area contributed by atoms with E-state index in [0.29, 0.717) is 12.1 Å². The van der Waals surface area contributed by atoms with Crippen LogP contribution >= 0.6 is 0 Å². The predicted octanol–water partition coefficient (Wildman–Crippen LogP) is 2.04. The molecule has 1 atom stereocenters. The van der Waals surface area contributed by atoms with Crippen LogP contribution in [-0.2, 0) is 4.74 Å². The molecule has 0 aromatic rings. The smallest absolute Gasteiger partial charge is 0.0613 e. The minimum atomic E-state index is 0.467. The SMILES string of the molecule is COCC(C)NC1CCN(CC=C(C)C)CC1. The Bertz CT molecular complexity index is 228. The van der Waals surface area contributed by atoms with E-state index >= 15 is 0 Å². The second kappa shape index (κ2) is 7.85. The lowest BCUT2D eigenvalue weighted by atomic mass is 10.0. The number of rotatable bonds is 6. The summed E-state index contributed by atoms with van der Waals surface area (Å²) in [5, 5.41) is 3.64. The topological polar surface area (TPSA) is 24.5 Å². The Balaban J connectivity index is 2.19. The van der Waals surface area contributed by atoms with Gasteiger partial charge in [0.05, 0.1) is 6.61 Å². The van der Waals surface area contributed by atoms with Crippen molar-refractivity contribution in [3.63, 3.8) is 0 Å². The number of methoxy groups -OCH3 is 1. The number of nitrogens with zero attached hydrogens (tertiary/aromatic N) is 1. The molecule has 3 heteroatoms. The summed E-state index contributed by atoms with van der Waals surface area (Å²) in [4.78, 5) is 2.53. The summed E-state index contributed by atoms with van der Waals surface area (Å²) in [6.07, 6.45) is 4.83. The summed E-state index contributed by atoms with van der Waals surface area (Å²) < 4.78 is 5.15. The van der Waals surface area contributed by atoms with Gasteiger partial charge in [-0.05, 0) is 46.7 Å². The van der Waals surface area contributed by atoms with Gasteiger partial charge in [-0.25, -0.2) is 0 Å². The molecule has 0 spiro atoms. The minimum absolute atomic E-state index is 0.467. The number of piperidine rings is 1. The highest BCUT2D eigenvalue weighted by Crippen LogP contribution is 2.11. The van der Waals surface area contributed by atoms with Crippen LogP contribution in [0.5, 0.6) is 0 Å². The Hall–Kier alpha value is -0.380. The van der Waals surface area contributed by atoms with Crippen molar-refractivity contribution in [2.75, 3.05) is 33.4 Å². The van der Waals surface area contributed by atoms with Crippen LogP contribution in [0.1, 0.15) is 33.6 Å². The molecule has 0 aliphatic carbocycles. The monoisotopic (exact) mass is 240 g/mol. The zero-order chi connectivity index (χ0) is 12.7. The number of hydrogen-bond donors (Lipinski definition) is 1. The van der Waals surface area contributed by atoms with Gasteiger partial charge in [0.1, 0.15) is 0 Å². The van der Waals surface area contributed by atoms with E-state index in [2.05, 4.69) is 37.1 Å². The van der Waals surface area contributed by atoms with Crippen LogP contribution in [0.15, 0.2) is 11.6 Å². The molecule has 1 N–H and O–H groups in total. The molecule has 17 heavy (non-hydrogen) atoms. The average molecular weight is 240 g/mol. The van der Waals surface area contributed by atoms with Crippen molar-refractivity contribution >= 4 is 0 Å². The molecule has 100 valence electrons. The van der Waals surface area contributed by atoms with E-state index in [-0.39, 0.29) is 0 Å². The van der Waals surface area contributed by atoms with Gasteiger partial charge >= 0.3 is 0 Å². The molecular weight excluding hydrogens is 212 g/mol. The van der Waals surface area contributed by atoms with E-state index < -0.39 is 0 Å². The third-order valence-corrected chi connectivity index (χ3v) is 3.28. The molecule has 0 radical (unpaired) electrons. The van der Waals surface area contributed by atoms with Crippen LogP contribution in [0, 0.1) is 0 Å². The fourth-order valence-electron chi connectivity index (χ4n) is 2.29. The van der Waals surface area contributed by atoms with E-state index in [4.69, 9.17) is 4.74 Å². The standard InChI is InChI=1S/C14H28N2O/c1-12(2)5-8-16-9-6-14(7-10-16)15-13(3)11-17-4/h5,13-15H,6-11H2,1-4H3. The molecule has 1 unspecified atom stereocenters. The van der Waals surface area contributed by atoms with Crippen LogP contribution in [0.4, 0.5) is 0 Å². The number of hydrogen-bond acceptors (Lipinski definition) is 3. The van der Waals surface area contributed by atoms with Gasteiger partial charge in [0.2, 0.25) is 0 Å². The Labute approximate surface area is 106 Å². The van der Waals surface area contributed by atoms with Crippen molar-refractivity contribution in [1.82, 2.24) is 10.2 Å². The molecule has 1 saturated heterocycles. The summed E-state index contributed by atoms with van der Waals surface area (Å²) in [6.45, 7) is 10.9. The minimum Gasteiger partial charge on any atom is -0.383 e. The Kier molecular flexibility index (Phi) is 6.78. The summed E-state index contributed by atoms with van der Waals surface area (Å²) in [5.41, 5.74) is 1.42. The van der Waals surface area contributed by atoms with Crippen molar-refractivity contribution in [3.8, 4) is 0 Å². The van der Waals surface area contributed by atoms with E-state index in [1.54, 1.807) is 7.11 Å². The van der Waals surface area contributed by atoms with Gasteiger partial charge in [-0.2, -0.15) is 0 Å². The van der Waals surface area contributed by atoms with E-state index in [1.807, 2.05) is 0 Å². The lowest BCUT2D eigenvalue weighted by molar-refractivity contribution is 0.150. The Morgan fingerprint density at radius 3 is 2.59 bits per heavy atom. The van der Waals surface area contributed by atoms with Crippen molar-refractivity contribution in [1.29, 1.82) is 0 Å². The highest BCUT2D eigenvalue weighted by Gasteiger charge is 2.19. The summed E-state index contributed by atoms with van der Waals surface area (Å²) in [7, 11) is 1.76. The molecule has 1 heterocycles. The largest absolute Gasteiger partial charge is 0.383 e. The molecule has 0 bridgehead atoms. The van der Waals surface area contributed by atoms with Crippen molar-refractivity contribution < 1.29 is 4.74 Å². The van der Waals surface area contributed by atoms with Gasteiger partial charge in [0, 0.05) is 25.7 Å². The Morgan fingerprint density at radius 1 is 1.41 bits per heavy atom. The molecule has 0 aromatic heterocycles. The maximum atomic E-state index is 5.15. The first-order valence-corrected chi connectivity index (χ1v) is 6.72. The van der Waals surface area contributed by atoms with E-state index in [1.165, 1.54) is 31.5 Å². The van der Waals surface area contributed by atoms with Gasteiger partial charge in [-0.1, -0.05) is 11.6 Å². The van der Waals surface area contributed by atoms with Crippen LogP contribution in [0.3, 0.4) is 0 Å². The fourth-order valence-corrected chi connectivity index (χ4v) is 2.29. The first kappa shape index (κ1) is 14.7. The number of nitrogens with one attached hydrogen (secondary N) is 1. The number of allylic oxidation sites excluding steroid dienone is 1. The van der Waals surface area contributed by atoms with Gasteiger partial charge in [0.15, 0.2) is 0 Å². The molecular formula is C14H28N2O. The predicted molar refractivity (Wildman–Crippen MR) is 73.4 cm³/mol. The molecule has 0 saturated carbocycles. The van der Waals surface area contributed by atoms with Crippen molar-refractivity contribution in [2.24, 2.45) is 0 Å². The molecule has 0 amide bonds. The second-order valence-corrected chi connectivity index (χ2v) is 5.38. The Morgan fingerprint density at radius 2 is 2.06 bits per heavy atom. The lowest BCUT2D eigenvalue weighted by Crippen LogP contribution is -2.46. The zero-order valence-electron chi connectivity index (χ0n) is 11.8. The first-order valence-electron chi connectivity index (χ1n) is 6.72. The van der Waals surface area contributed by atoms with Crippen LogP contribution < -0.4 is 5.32 Å². The van der Waals surface area contributed by atoms with Crippen LogP contribution in [0.25, 0.3) is 0 Å². The average Bonchev–Trinajstić information content (AvgIpc) is 2.28. The van der Waals surface area contributed by atoms with Crippen molar-refractivity contribution in [3.05, 3.63) is 11.6 Å². The highest BCUT2D eigenvalue weighted by atomic mass is 16.5. The molecule has 1 aliphatic heterocycles. The van der Waals surface area contributed by atoms with Crippen LogP contribution in [-0.4, -0.2) is 50.3 Å². The van der Waals surface area contributed by atoms with Gasteiger partial charge in [-0.3, -0.25) is 4.90 Å². The number of ether oxygens (including phenoxy) is 1. The maximum Gasteiger partial charge on any atom is 0.0613 e. The molecule has 3 nitrogen and oxygen atoms in total. The van der Waals surface area contributed by atoms with E-state index in [0.717, 1.165) is 13.2 Å². The van der Waals surface area contributed by atoms with E-state index in [9.17, 15) is 0 Å². The van der Waals surface area contributed by atoms with Gasteiger partial charge in [-0.15, -0.1) is 0 Å². The molecule has 0 aromatic carbocycles. The van der Waals surface area contributed by atoms with Crippen LogP contribution in [0.2, 0.25) is 0 Å². The van der Waals surface area contributed by atoms with Crippen molar-refractivity contribution in [2.45, 2.75) is 45.7 Å². The summed E-state index contributed by atoms with van der Waals surface area (Å²) >= 11 is 0. The fraction of sp³-hybridized carbons (Fsp3) is 0.857. The second-order valence-electron chi connectivity index (χ2n) is 5.38. The zero-order valence-corrected chi connectivity index (χ0v) is 11.8. The maximum absolute atomic E-state index is 5.15. The molecule has 1 rings (SSSR count). The van der Waals surface area contributed by atoms with Gasteiger partial charge < -0.3 is 10.1 Å². The first-order chi connectivity index (χ1) is 8.11. The third-order valence-electron chi connectivity index (χ3n) is 3.28. The third kappa shape index (κ3) is 6.20. The molecule has 1 fully saturated rings. The quantitative estimate of drug-likeness (QED) is 0.719. The summed E-state index contributed by atoms with van der Waals surface area (Å²) in [6, 6.07) is 1.14. The number of likely N-dealkylation sites (tertiary alicyclic amines) is 1. The normalized spacial score (nSPS) is 20.2. The molecule has 1 aliphatic rings. The van der Waals surface area contributed by atoms with Gasteiger partial charge in [0.25, 0.3) is 0 Å².